The monoisotopic (exact) mass is 506 g/mol. The van der Waals surface area contributed by atoms with Crippen LogP contribution in [0, 0.1) is 0 Å². The zero-order chi connectivity index (χ0) is 26.5. The Morgan fingerprint density at radius 1 is 0.974 bits per heavy atom. The van der Waals surface area contributed by atoms with Crippen molar-refractivity contribution in [3.63, 3.8) is 0 Å². The first-order valence-electron chi connectivity index (χ1n) is 12.0. The van der Waals surface area contributed by atoms with Gasteiger partial charge in [-0.2, -0.15) is 0 Å². The van der Waals surface area contributed by atoms with E-state index in [2.05, 4.69) is 30.6 Å². The summed E-state index contributed by atoms with van der Waals surface area (Å²) in [7, 11) is 1.75. The Balaban J connectivity index is 1.38. The van der Waals surface area contributed by atoms with Crippen LogP contribution in [-0.2, 0) is 4.79 Å². The SMILES string of the molecule is CNc1nccc(-c2cc3cc(C(=O)NC(CN(c4ccccc4)c4ccccn4)C(N)=O)ccc3[nH]2)n1. The van der Waals surface area contributed by atoms with E-state index < -0.39 is 17.9 Å². The van der Waals surface area contributed by atoms with Gasteiger partial charge in [0.05, 0.1) is 17.9 Å². The molecule has 10 heteroatoms. The quantitative estimate of drug-likeness (QED) is 0.240. The van der Waals surface area contributed by atoms with Crippen molar-refractivity contribution < 1.29 is 9.59 Å². The van der Waals surface area contributed by atoms with E-state index >= 15 is 0 Å². The number of primary amides is 1. The van der Waals surface area contributed by atoms with E-state index in [0.717, 1.165) is 28.0 Å². The molecular formula is C28H26N8O2. The van der Waals surface area contributed by atoms with E-state index in [9.17, 15) is 9.59 Å². The molecule has 2 aromatic carbocycles. The molecule has 0 aliphatic heterocycles. The second kappa shape index (κ2) is 10.8. The summed E-state index contributed by atoms with van der Waals surface area (Å²) in [5.41, 5.74) is 9.30. The predicted molar refractivity (Wildman–Crippen MR) is 147 cm³/mol. The number of H-pyrrole nitrogens is 1. The Morgan fingerprint density at radius 2 is 1.79 bits per heavy atom. The lowest BCUT2D eigenvalue weighted by Crippen LogP contribution is -2.50. The number of pyridine rings is 1. The van der Waals surface area contributed by atoms with Crippen molar-refractivity contribution in [3.8, 4) is 11.4 Å². The summed E-state index contributed by atoms with van der Waals surface area (Å²) in [6.45, 7) is 0.111. The molecule has 0 aliphatic rings. The number of hydrogen-bond acceptors (Lipinski definition) is 7. The number of carbonyl (C=O) groups excluding carboxylic acids is 2. The van der Waals surface area contributed by atoms with Gasteiger partial charge in [0.1, 0.15) is 11.9 Å². The van der Waals surface area contributed by atoms with E-state index in [1.807, 2.05) is 65.6 Å². The largest absolute Gasteiger partial charge is 0.368 e. The highest BCUT2D eigenvalue weighted by atomic mass is 16.2. The molecule has 3 aromatic heterocycles. The molecule has 5 aromatic rings. The predicted octanol–water partition coefficient (Wildman–Crippen LogP) is 3.48. The van der Waals surface area contributed by atoms with Crippen LogP contribution in [0.3, 0.4) is 0 Å². The second-order valence-corrected chi connectivity index (χ2v) is 8.56. The molecular weight excluding hydrogens is 480 g/mol. The van der Waals surface area contributed by atoms with Crippen LogP contribution in [0.15, 0.2) is 91.3 Å². The molecule has 0 bridgehead atoms. The van der Waals surface area contributed by atoms with Crippen molar-refractivity contribution in [1.82, 2.24) is 25.3 Å². The molecule has 2 amide bonds. The Hall–Kier alpha value is -5.25. The molecule has 0 saturated carbocycles. The third-order valence-electron chi connectivity index (χ3n) is 6.05. The molecule has 3 heterocycles. The minimum absolute atomic E-state index is 0.111. The fraction of sp³-hybridized carbons (Fsp3) is 0.107. The van der Waals surface area contributed by atoms with Gasteiger partial charge in [0.2, 0.25) is 11.9 Å². The first-order chi connectivity index (χ1) is 18.5. The Kier molecular flexibility index (Phi) is 6.94. The fourth-order valence-corrected chi connectivity index (χ4v) is 4.12. The molecule has 38 heavy (non-hydrogen) atoms. The van der Waals surface area contributed by atoms with Gasteiger partial charge < -0.3 is 26.3 Å². The van der Waals surface area contributed by atoms with Gasteiger partial charge in [-0.15, -0.1) is 0 Å². The van der Waals surface area contributed by atoms with Crippen LogP contribution in [0.4, 0.5) is 17.5 Å². The van der Waals surface area contributed by atoms with Gasteiger partial charge in [-0.1, -0.05) is 24.3 Å². The van der Waals surface area contributed by atoms with Gasteiger partial charge in [-0.05, 0) is 54.6 Å². The minimum Gasteiger partial charge on any atom is -0.368 e. The lowest BCUT2D eigenvalue weighted by Gasteiger charge is -2.27. The standard InChI is InChI=1S/C28H26N8O2/c1-30-28-32-14-12-22(35-28)23-16-19-15-18(10-11-21(19)33-23)27(38)34-24(26(29)37)17-36(20-7-3-2-4-8-20)25-9-5-6-13-31-25/h2-16,24,33H,17H2,1H3,(H2,29,37)(H,34,38)(H,30,32,35). The molecule has 0 spiro atoms. The van der Waals surface area contributed by atoms with Crippen LogP contribution in [0.2, 0.25) is 0 Å². The van der Waals surface area contributed by atoms with Crippen LogP contribution in [0.25, 0.3) is 22.3 Å². The molecule has 0 aliphatic carbocycles. The molecule has 0 radical (unpaired) electrons. The first-order valence-corrected chi connectivity index (χ1v) is 12.0. The average molecular weight is 507 g/mol. The minimum atomic E-state index is -0.969. The number of anilines is 3. The number of amides is 2. The van der Waals surface area contributed by atoms with E-state index in [-0.39, 0.29) is 6.54 Å². The highest BCUT2D eigenvalue weighted by Gasteiger charge is 2.24. The topological polar surface area (TPSA) is 142 Å². The number of nitrogens with zero attached hydrogens (tertiary/aromatic N) is 4. The van der Waals surface area contributed by atoms with Gasteiger partial charge in [0, 0.05) is 41.6 Å². The van der Waals surface area contributed by atoms with Gasteiger partial charge in [0.25, 0.3) is 5.91 Å². The van der Waals surface area contributed by atoms with E-state index in [0.29, 0.717) is 17.3 Å². The molecule has 1 atom stereocenters. The fourth-order valence-electron chi connectivity index (χ4n) is 4.12. The number of nitrogens with two attached hydrogens (primary N) is 1. The normalized spacial score (nSPS) is 11.6. The number of hydrogen-bond donors (Lipinski definition) is 4. The van der Waals surface area contributed by atoms with Crippen molar-refractivity contribution in [2.75, 3.05) is 23.8 Å². The lowest BCUT2D eigenvalue weighted by molar-refractivity contribution is -0.119. The number of fused-ring (bicyclic) bond motifs is 1. The maximum atomic E-state index is 13.2. The number of aromatic nitrogens is 4. The summed E-state index contributed by atoms with van der Waals surface area (Å²) >= 11 is 0. The number of nitrogens with one attached hydrogen (secondary N) is 3. The van der Waals surface area contributed by atoms with Crippen molar-refractivity contribution in [3.05, 3.63) is 96.8 Å². The van der Waals surface area contributed by atoms with E-state index in [4.69, 9.17) is 5.73 Å². The van der Waals surface area contributed by atoms with Crippen LogP contribution in [0.5, 0.6) is 0 Å². The van der Waals surface area contributed by atoms with Crippen LogP contribution in [-0.4, -0.2) is 51.4 Å². The van der Waals surface area contributed by atoms with Crippen molar-refractivity contribution in [1.29, 1.82) is 0 Å². The zero-order valence-corrected chi connectivity index (χ0v) is 20.6. The molecule has 190 valence electrons. The van der Waals surface area contributed by atoms with Gasteiger partial charge >= 0.3 is 0 Å². The number of benzene rings is 2. The van der Waals surface area contributed by atoms with Gasteiger partial charge in [0.15, 0.2) is 0 Å². The summed E-state index contributed by atoms with van der Waals surface area (Å²) in [6.07, 6.45) is 3.34. The Labute approximate surface area is 218 Å². The molecule has 5 rings (SSSR count). The molecule has 0 fully saturated rings. The van der Waals surface area contributed by atoms with Crippen molar-refractivity contribution in [2.45, 2.75) is 6.04 Å². The Bertz CT molecular complexity index is 1530. The summed E-state index contributed by atoms with van der Waals surface area (Å²) in [4.78, 5) is 43.8. The smallest absolute Gasteiger partial charge is 0.252 e. The number of aromatic amines is 1. The third kappa shape index (κ3) is 5.29. The highest BCUT2D eigenvalue weighted by Crippen LogP contribution is 2.25. The molecule has 10 nitrogen and oxygen atoms in total. The summed E-state index contributed by atoms with van der Waals surface area (Å²) in [6, 6.07) is 23.0. The third-order valence-corrected chi connectivity index (χ3v) is 6.05. The van der Waals surface area contributed by atoms with Crippen molar-refractivity contribution >= 4 is 40.2 Å². The average Bonchev–Trinajstić information content (AvgIpc) is 3.39. The van der Waals surface area contributed by atoms with Crippen LogP contribution < -0.4 is 21.3 Å². The second-order valence-electron chi connectivity index (χ2n) is 8.56. The lowest BCUT2D eigenvalue weighted by atomic mass is 10.1. The zero-order valence-electron chi connectivity index (χ0n) is 20.6. The van der Waals surface area contributed by atoms with Crippen molar-refractivity contribution in [2.24, 2.45) is 5.73 Å². The van der Waals surface area contributed by atoms with Gasteiger partial charge in [-0.3, -0.25) is 9.59 Å². The summed E-state index contributed by atoms with van der Waals surface area (Å²) in [5, 5.41) is 6.55. The Morgan fingerprint density at radius 3 is 2.53 bits per heavy atom. The number of rotatable bonds is 9. The number of carbonyl (C=O) groups is 2. The van der Waals surface area contributed by atoms with E-state index in [1.165, 1.54) is 0 Å². The highest BCUT2D eigenvalue weighted by molar-refractivity contribution is 6.01. The molecule has 1 unspecified atom stereocenters. The number of para-hydroxylation sites is 1. The van der Waals surface area contributed by atoms with Gasteiger partial charge in [-0.25, -0.2) is 15.0 Å². The van der Waals surface area contributed by atoms with Crippen LogP contribution in [0.1, 0.15) is 10.4 Å². The summed E-state index contributed by atoms with van der Waals surface area (Å²) < 4.78 is 0. The van der Waals surface area contributed by atoms with E-state index in [1.54, 1.807) is 37.6 Å². The summed E-state index contributed by atoms with van der Waals surface area (Å²) in [5.74, 6) is 0.0805. The maximum absolute atomic E-state index is 13.2. The molecule has 5 N–H and O–H groups in total. The van der Waals surface area contributed by atoms with Crippen LogP contribution >= 0.6 is 0 Å². The maximum Gasteiger partial charge on any atom is 0.252 e. The molecule has 0 saturated heterocycles. The first kappa shape index (κ1) is 24.4.